The Morgan fingerprint density at radius 3 is 2.33 bits per heavy atom. The Morgan fingerprint density at radius 1 is 0.944 bits per heavy atom. The minimum atomic E-state index is 0.481. The van der Waals surface area contributed by atoms with Crippen LogP contribution in [0, 0.1) is 0 Å². The molecule has 18 heavy (non-hydrogen) atoms. The molecule has 3 heteroatoms. The summed E-state index contributed by atoms with van der Waals surface area (Å²) < 4.78 is 11.2. The van der Waals surface area contributed by atoms with E-state index in [0.717, 1.165) is 22.7 Å². The van der Waals surface area contributed by atoms with Crippen LogP contribution in [-0.4, -0.2) is 6.61 Å². The Balaban J connectivity index is 2.06. The molecule has 2 rings (SSSR count). The van der Waals surface area contributed by atoms with Gasteiger partial charge in [-0.05, 0) is 36.8 Å². The van der Waals surface area contributed by atoms with Crippen LogP contribution < -0.4 is 15.2 Å². The molecule has 0 spiro atoms. The Bertz CT molecular complexity index is 511. The quantitative estimate of drug-likeness (QED) is 0.820. The number of para-hydroxylation sites is 2. The number of rotatable bonds is 5. The standard InChI is InChI=1S/C15H17NO2/c1-2-17-14-8-3-4-9-15(14)18-11-12-6-5-7-13(16)10-12/h3-10H,2,11,16H2,1H3. The molecule has 0 aliphatic carbocycles. The summed E-state index contributed by atoms with van der Waals surface area (Å²) in [6.07, 6.45) is 0. The molecule has 94 valence electrons. The third kappa shape index (κ3) is 3.17. The van der Waals surface area contributed by atoms with E-state index >= 15 is 0 Å². The lowest BCUT2D eigenvalue weighted by atomic mass is 10.2. The van der Waals surface area contributed by atoms with Gasteiger partial charge in [-0.25, -0.2) is 0 Å². The Hall–Kier alpha value is -2.16. The van der Waals surface area contributed by atoms with Gasteiger partial charge in [0.2, 0.25) is 0 Å². The SMILES string of the molecule is CCOc1ccccc1OCc1cccc(N)c1. The van der Waals surface area contributed by atoms with Gasteiger partial charge in [0.25, 0.3) is 0 Å². The molecular weight excluding hydrogens is 226 g/mol. The third-order valence-electron chi connectivity index (χ3n) is 2.49. The van der Waals surface area contributed by atoms with Crippen molar-refractivity contribution < 1.29 is 9.47 Å². The van der Waals surface area contributed by atoms with Crippen molar-refractivity contribution in [2.75, 3.05) is 12.3 Å². The highest BCUT2D eigenvalue weighted by atomic mass is 16.5. The average Bonchev–Trinajstić information content (AvgIpc) is 2.38. The molecule has 0 aliphatic heterocycles. The van der Waals surface area contributed by atoms with Gasteiger partial charge in [-0.2, -0.15) is 0 Å². The number of hydrogen-bond donors (Lipinski definition) is 1. The zero-order valence-electron chi connectivity index (χ0n) is 10.4. The molecule has 2 aromatic rings. The Kier molecular flexibility index (Phi) is 4.07. The van der Waals surface area contributed by atoms with Crippen LogP contribution in [0.4, 0.5) is 5.69 Å². The van der Waals surface area contributed by atoms with Crippen molar-refractivity contribution in [1.29, 1.82) is 0 Å². The Morgan fingerprint density at radius 2 is 1.67 bits per heavy atom. The van der Waals surface area contributed by atoms with Crippen LogP contribution in [0.15, 0.2) is 48.5 Å². The largest absolute Gasteiger partial charge is 0.490 e. The van der Waals surface area contributed by atoms with E-state index in [1.54, 1.807) is 0 Å². The van der Waals surface area contributed by atoms with Gasteiger partial charge in [0.05, 0.1) is 6.61 Å². The fourth-order valence-corrected chi connectivity index (χ4v) is 1.69. The van der Waals surface area contributed by atoms with E-state index in [2.05, 4.69) is 0 Å². The van der Waals surface area contributed by atoms with E-state index in [1.165, 1.54) is 0 Å². The normalized spacial score (nSPS) is 10.1. The van der Waals surface area contributed by atoms with Crippen molar-refractivity contribution in [2.24, 2.45) is 0 Å². The second kappa shape index (κ2) is 5.96. The highest BCUT2D eigenvalue weighted by molar-refractivity contribution is 5.42. The first-order valence-corrected chi connectivity index (χ1v) is 5.98. The van der Waals surface area contributed by atoms with Gasteiger partial charge in [0.15, 0.2) is 11.5 Å². The first kappa shape index (κ1) is 12.3. The van der Waals surface area contributed by atoms with Crippen LogP contribution in [0.3, 0.4) is 0 Å². The molecule has 0 saturated carbocycles. The van der Waals surface area contributed by atoms with Crippen molar-refractivity contribution >= 4 is 5.69 Å². The molecule has 2 N–H and O–H groups in total. The maximum absolute atomic E-state index is 5.75. The van der Waals surface area contributed by atoms with Gasteiger partial charge in [-0.1, -0.05) is 24.3 Å². The molecular formula is C15H17NO2. The molecule has 0 saturated heterocycles. The average molecular weight is 243 g/mol. The zero-order chi connectivity index (χ0) is 12.8. The van der Waals surface area contributed by atoms with E-state index in [-0.39, 0.29) is 0 Å². The number of hydrogen-bond acceptors (Lipinski definition) is 3. The maximum atomic E-state index is 5.75. The summed E-state index contributed by atoms with van der Waals surface area (Å²) in [4.78, 5) is 0. The summed E-state index contributed by atoms with van der Waals surface area (Å²) in [5.74, 6) is 1.52. The molecule has 0 radical (unpaired) electrons. The summed E-state index contributed by atoms with van der Waals surface area (Å²) >= 11 is 0. The smallest absolute Gasteiger partial charge is 0.161 e. The molecule has 0 bridgehead atoms. The molecule has 2 aromatic carbocycles. The van der Waals surface area contributed by atoms with Crippen molar-refractivity contribution in [1.82, 2.24) is 0 Å². The minimum absolute atomic E-state index is 0.481. The fraction of sp³-hybridized carbons (Fsp3) is 0.200. The molecule has 0 aromatic heterocycles. The topological polar surface area (TPSA) is 44.5 Å². The minimum Gasteiger partial charge on any atom is -0.490 e. The first-order chi connectivity index (χ1) is 8.79. The van der Waals surface area contributed by atoms with Crippen molar-refractivity contribution in [2.45, 2.75) is 13.5 Å². The lowest BCUT2D eigenvalue weighted by molar-refractivity contribution is 0.269. The maximum Gasteiger partial charge on any atom is 0.161 e. The molecule has 0 fully saturated rings. The predicted octanol–water partition coefficient (Wildman–Crippen LogP) is 3.25. The van der Waals surface area contributed by atoms with Crippen molar-refractivity contribution in [3.05, 3.63) is 54.1 Å². The Labute approximate surface area is 107 Å². The summed E-state index contributed by atoms with van der Waals surface area (Å²) in [6, 6.07) is 15.3. The van der Waals surface area contributed by atoms with Crippen molar-refractivity contribution in [3.63, 3.8) is 0 Å². The van der Waals surface area contributed by atoms with Gasteiger partial charge in [-0.3, -0.25) is 0 Å². The second-order valence-electron chi connectivity index (χ2n) is 3.91. The van der Waals surface area contributed by atoms with Crippen LogP contribution in [0.1, 0.15) is 12.5 Å². The second-order valence-corrected chi connectivity index (χ2v) is 3.91. The van der Waals surface area contributed by atoms with E-state index in [9.17, 15) is 0 Å². The van der Waals surface area contributed by atoms with Crippen LogP contribution in [-0.2, 0) is 6.61 Å². The lowest BCUT2D eigenvalue weighted by Crippen LogP contribution is -1.99. The number of anilines is 1. The van der Waals surface area contributed by atoms with Crippen LogP contribution >= 0.6 is 0 Å². The molecule has 0 unspecified atom stereocenters. The molecule has 0 atom stereocenters. The summed E-state index contributed by atoms with van der Waals surface area (Å²) in [5.41, 5.74) is 7.51. The molecule has 0 heterocycles. The van der Waals surface area contributed by atoms with E-state index in [1.807, 2.05) is 55.5 Å². The monoisotopic (exact) mass is 243 g/mol. The number of nitrogens with two attached hydrogens (primary N) is 1. The fourth-order valence-electron chi connectivity index (χ4n) is 1.69. The van der Waals surface area contributed by atoms with E-state index in [0.29, 0.717) is 13.2 Å². The van der Waals surface area contributed by atoms with E-state index < -0.39 is 0 Å². The highest BCUT2D eigenvalue weighted by Crippen LogP contribution is 2.27. The molecule has 3 nitrogen and oxygen atoms in total. The van der Waals surface area contributed by atoms with Gasteiger partial charge in [-0.15, -0.1) is 0 Å². The van der Waals surface area contributed by atoms with E-state index in [4.69, 9.17) is 15.2 Å². The first-order valence-electron chi connectivity index (χ1n) is 5.98. The molecule has 0 amide bonds. The number of nitrogen functional groups attached to an aromatic ring is 1. The summed E-state index contributed by atoms with van der Waals surface area (Å²) in [5, 5.41) is 0. The summed E-state index contributed by atoms with van der Waals surface area (Å²) in [6.45, 7) is 3.06. The zero-order valence-corrected chi connectivity index (χ0v) is 10.4. The van der Waals surface area contributed by atoms with Gasteiger partial charge in [0, 0.05) is 5.69 Å². The van der Waals surface area contributed by atoms with Gasteiger partial charge < -0.3 is 15.2 Å². The highest BCUT2D eigenvalue weighted by Gasteiger charge is 2.03. The van der Waals surface area contributed by atoms with Gasteiger partial charge >= 0.3 is 0 Å². The van der Waals surface area contributed by atoms with Crippen LogP contribution in [0.5, 0.6) is 11.5 Å². The summed E-state index contributed by atoms with van der Waals surface area (Å²) in [7, 11) is 0. The third-order valence-corrected chi connectivity index (χ3v) is 2.49. The van der Waals surface area contributed by atoms with Crippen LogP contribution in [0.2, 0.25) is 0 Å². The number of ether oxygens (including phenoxy) is 2. The molecule has 0 aliphatic rings. The number of benzene rings is 2. The lowest BCUT2D eigenvalue weighted by Gasteiger charge is -2.11. The van der Waals surface area contributed by atoms with Crippen LogP contribution in [0.25, 0.3) is 0 Å². The van der Waals surface area contributed by atoms with Crippen molar-refractivity contribution in [3.8, 4) is 11.5 Å². The predicted molar refractivity (Wildman–Crippen MR) is 72.8 cm³/mol. The van der Waals surface area contributed by atoms with Gasteiger partial charge in [0.1, 0.15) is 6.61 Å².